The smallest absolute Gasteiger partial charge is 0.138 e. The number of aromatic nitrogens is 2. The largest absolute Gasteiger partial charge is 0.497 e. The second-order valence-corrected chi connectivity index (χ2v) is 4.59. The molecule has 1 heterocycles. The van der Waals surface area contributed by atoms with Gasteiger partial charge in [0.2, 0.25) is 0 Å². The molecule has 0 bridgehead atoms. The van der Waals surface area contributed by atoms with Crippen LogP contribution in [0.5, 0.6) is 5.75 Å². The van der Waals surface area contributed by atoms with Crippen molar-refractivity contribution in [3.05, 3.63) is 35.5 Å². The molecule has 2 aromatic rings. The highest BCUT2D eigenvalue weighted by Crippen LogP contribution is 2.24. The zero-order valence-corrected chi connectivity index (χ0v) is 11.9. The number of anilines is 2. The Kier molecular flexibility index (Phi) is 3.71. The minimum Gasteiger partial charge on any atom is -0.497 e. The third-order valence-corrected chi connectivity index (χ3v) is 3.03. The predicted octanol–water partition coefficient (Wildman–Crippen LogP) is 2.11. The Morgan fingerprint density at radius 2 is 2.00 bits per heavy atom. The van der Waals surface area contributed by atoms with Gasteiger partial charge in [-0.2, -0.15) is 5.10 Å². The molecule has 1 aromatic heterocycles. The van der Waals surface area contributed by atoms with Crippen LogP contribution in [0.4, 0.5) is 11.5 Å². The summed E-state index contributed by atoms with van der Waals surface area (Å²) >= 11 is 5.07. The Morgan fingerprint density at radius 3 is 2.53 bits per heavy atom. The second kappa shape index (κ2) is 5.27. The van der Waals surface area contributed by atoms with Gasteiger partial charge in [-0.25, -0.2) is 0 Å². The van der Waals surface area contributed by atoms with Gasteiger partial charge in [0.1, 0.15) is 16.6 Å². The van der Waals surface area contributed by atoms with E-state index in [-0.39, 0.29) is 0 Å². The highest BCUT2D eigenvalue weighted by molar-refractivity contribution is 7.80. The molecule has 0 aliphatic rings. The molecule has 0 atom stereocenters. The van der Waals surface area contributed by atoms with Crippen LogP contribution in [0.15, 0.2) is 24.3 Å². The van der Waals surface area contributed by atoms with Crippen LogP contribution in [0.1, 0.15) is 11.3 Å². The molecule has 19 heavy (non-hydrogen) atoms. The lowest BCUT2D eigenvalue weighted by Crippen LogP contribution is -2.12. The summed E-state index contributed by atoms with van der Waals surface area (Å²) in [4.78, 5) is 0.335. The highest BCUT2D eigenvalue weighted by atomic mass is 32.1. The van der Waals surface area contributed by atoms with Crippen molar-refractivity contribution in [3.8, 4) is 5.75 Å². The maximum Gasteiger partial charge on any atom is 0.138 e. The first-order chi connectivity index (χ1) is 9.02. The number of benzene rings is 1. The average Bonchev–Trinajstić information content (AvgIpc) is 2.65. The normalized spacial score (nSPS) is 10.3. The first-order valence-corrected chi connectivity index (χ1v) is 6.18. The van der Waals surface area contributed by atoms with E-state index in [2.05, 4.69) is 10.4 Å². The van der Waals surface area contributed by atoms with Gasteiger partial charge in [-0.3, -0.25) is 4.68 Å². The number of thiocarbonyl (C=S) groups is 1. The van der Waals surface area contributed by atoms with Crippen molar-refractivity contribution >= 4 is 28.7 Å². The molecule has 0 saturated heterocycles. The zero-order chi connectivity index (χ0) is 14.0. The molecule has 0 radical (unpaired) electrons. The fourth-order valence-electron chi connectivity index (χ4n) is 1.91. The van der Waals surface area contributed by atoms with Gasteiger partial charge < -0.3 is 15.8 Å². The summed E-state index contributed by atoms with van der Waals surface area (Å²) in [5, 5.41) is 7.60. The van der Waals surface area contributed by atoms with E-state index in [1.54, 1.807) is 11.8 Å². The number of ether oxygens (including phenoxy) is 1. The van der Waals surface area contributed by atoms with Crippen LogP contribution in [0.3, 0.4) is 0 Å². The van der Waals surface area contributed by atoms with Gasteiger partial charge in [0.05, 0.1) is 18.4 Å². The summed E-state index contributed by atoms with van der Waals surface area (Å²) in [6.45, 7) is 1.88. The molecule has 6 heteroatoms. The molecule has 100 valence electrons. The van der Waals surface area contributed by atoms with Crippen molar-refractivity contribution in [2.45, 2.75) is 6.92 Å². The molecule has 0 aliphatic carbocycles. The number of nitrogens with one attached hydrogen (secondary N) is 1. The van der Waals surface area contributed by atoms with Gasteiger partial charge in [-0.05, 0) is 31.2 Å². The molecular weight excluding hydrogens is 260 g/mol. The average molecular weight is 276 g/mol. The monoisotopic (exact) mass is 276 g/mol. The SMILES string of the molecule is COc1ccc(Nc2c(C(N)=S)c(C)nn2C)cc1. The number of rotatable bonds is 4. The quantitative estimate of drug-likeness (QED) is 0.837. The number of aryl methyl sites for hydroxylation is 2. The van der Waals surface area contributed by atoms with Crippen LogP contribution in [0.25, 0.3) is 0 Å². The predicted molar refractivity (Wildman–Crippen MR) is 80.1 cm³/mol. The fraction of sp³-hybridized carbons (Fsp3) is 0.231. The van der Waals surface area contributed by atoms with Crippen molar-refractivity contribution < 1.29 is 4.74 Å². The highest BCUT2D eigenvalue weighted by Gasteiger charge is 2.15. The molecule has 5 nitrogen and oxygen atoms in total. The summed E-state index contributed by atoms with van der Waals surface area (Å²) in [7, 11) is 3.48. The molecule has 0 spiro atoms. The minimum atomic E-state index is 0.335. The summed E-state index contributed by atoms with van der Waals surface area (Å²) < 4.78 is 6.85. The van der Waals surface area contributed by atoms with Crippen molar-refractivity contribution in [3.63, 3.8) is 0 Å². The zero-order valence-electron chi connectivity index (χ0n) is 11.1. The molecule has 3 N–H and O–H groups in total. The van der Waals surface area contributed by atoms with Crippen LogP contribution in [-0.2, 0) is 7.05 Å². The fourth-order valence-corrected chi connectivity index (χ4v) is 2.15. The van der Waals surface area contributed by atoms with E-state index in [1.165, 1.54) is 0 Å². The van der Waals surface area contributed by atoms with Gasteiger partial charge in [0.25, 0.3) is 0 Å². The number of nitrogens with zero attached hydrogens (tertiary/aromatic N) is 2. The summed E-state index contributed by atoms with van der Waals surface area (Å²) in [6, 6.07) is 7.60. The van der Waals surface area contributed by atoms with Gasteiger partial charge in [0, 0.05) is 12.7 Å². The van der Waals surface area contributed by atoms with E-state index in [9.17, 15) is 0 Å². The Morgan fingerprint density at radius 1 is 1.37 bits per heavy atom. The first-order valence-electron chi connectivity index (χ1n) is 5.77. The molecular formula is C13H16N4OS. The van der Waals surface area contributed by atoms with Gasteiger partial charge in [0.15, 0.2) is 0 Å². The van der Waals surface area contributed by atoms with Crippen molar-refractivity contribution in [1.29, 1.82) is 0 Å². The van der Waals surface area contributed by atoms with Crippen LogP contribution >= 0.6 is 12.2 Å². The molecule has 0 amide bonds. The maximum atomic E-state index is 5.75. The second-order valence-electron chi connectivity index (χ2n) is 4.15. The molecule has 0 fully saturated rings. The van der Waals surface area contributed by atoms with E-state index >= 15 is 0 Å². The topological polar surface area (TPSA) is 65.1 Å². The summed E-state index contributed by atoms with van der Waals surface area (Å²) in [5.41, 5.74) is 8.25. The molecule has 2 rings (SSSR count). The van der Waals surface area contributed by atoms with E-state index in [1.807, 2.05) is 38.2 Å². The van der Waals surface area contributed by atoms with Crippen molar-refractivity contribution in [2.75, 3.05) is 12.4 Å². The van der Waals surface area contributed by atoms with Crippen LogP contribution in [0.2, 0.25) is 0 Å². The number of methoxy groups -OCH3 is 1. The third kappa shape index (κ3) is 2.68. The molecule has 0 saturated carbocycles. The van der Waals surface area contributed by atoms with Gasteiger partial charge in [-0.15, -0.1) is 0 Å². The lowest BCUT2D eigenvalue weighted by molar-refractivity contribution is 0.415. The van der Waals surface area contributed by atoms with Crippen molar-refractivity contribution in [1.82, 2.24) is 9.78 Å². The lowest BCUT2D eigenvalue weighted by atomic mass is 10.2. The first kappa shape index (κ1) is 13.4. The van der Waals surface area contributed by atoms with Gasteiger partial charge in [-0.1, -0.05) is 12.2 Å². The Labute approximate surface area is 117 Å². The van der Waals surface area contributed by atoms with E-state index < -0.39 is 0 Å². The molecule has 0 aliphatic heterocycles. The molecule has 1 aromatic carbocycles. The Bertz CT molecular complexity index is 604. The molecule has 0 unspecified atom stereocenters. The maximum absolute atomic E-state index is 5.75. The van der Waals surface area contributed by atoms with Crippen LogP contribution < -0.4 is 15.8 Å². The summed E-state index contributed by atoms with van der Waals surface area (Å²) in [6.07, 6.45) is 0. The summed E-state index contributed by atoms with van der Waals surface area (Å²) in [5.74, 6) is 1.59. The number of nitrogens with two attached hydrogens (primary N) is 1. The van der Waals surface area contributed by atoms with E-state index in [0.717, 1.165) is 28.5 Å². The van der Waals surface area contributed by atoms with Crippen LogP contribution in [-0.4, -0.2) is 21.9 Å². The van der Waals surface area contributed by atoms with Crippen LogP contribution in [0, 0.1) is 6.92 Å². The van der Waals surface area contributed by atoms with Gasteiger partial charge >= 0.3 is 0 Å². The van der Waals surface area contributed by atoms with Crippen molar-refractivity contribution in [2.24, 2.45) is 12.8 Å². The Balaban J connectivity index is 2.34. The third-order valence-electron chi connectivity index (χ3n) is 2.82. The minimum absolute atomic E-state index is 0.335. The van der Waals surface area contributed by atoms with E-state index in [4.69, 9.17) is 22.7 Å². The number of hydrogen-bond acceptors (Lipinski definition) is 4. The standard InChI is InChI=1S/C13H16N4OS/c1-8-11(12(14)19)13(17(2)16-8)15-9-4-6-10(18-3)7-5-9/h4-7,15H,1-3H3,(H2,14,19). The number of hydrogen-bond donors (Lipinski definition) is 2. The van der Waals surface area contributed by atoms with E-state index in [0.29, 0.717) is 4.99 Å². The lowest BCUT2D eigenvalue weighted by Gasteiger charge is -2.09. The Hall–Kier alpha value is -2.08.